The minimum atomic E-state index is -4.71. The Morgan fingerprint density at radius 1 is 1.29 bits per heavy atom. The molecule has 0 saturated heterocycles. The molecule has 0 fully saturated rings. The third-order valence-electron chi connectivity index (χ3n) is 1.95. The summed E-state index contributed by atoms with van der Waals surface area (Å²) in [5.74, 6) is 0.587. The van der Waals surface area contributed by atoms with Crippen molar-refractivity contribution in [3.8, 4) is 17.2 Å². The van der Waals surface area contributed by atoms with Crippen molar-refractivity contribution in [2.75, 3.05) is 14.2 Å². The maximum absolute atomic E-state index is 12.4. The van der Waals surface area contributed by atoms with Crippen LogP contribution < -0.4 is 9.47 Å². The molecule has 1 aromatic carbocycles. The van der Waals surface area contributed by atoms with Gasteiger partial charge in [0.15, 0.2) is 11.5 Å². The zero-order valence-corrected chi connectivity index (χ0v) is 10.1. The van der Waals surface area contributed by atoms with Crippen LogP contribution in [0.3, 0.4) is 0 Å². The van der Waals surface area contributed by atoms with Gasteiger partial charge in [-0.05, 0) is 23.8 Å². The van der Waals surface area contributed by atoms with Gasteiger partial charge in [-0.1, -0.05) is 0 Å². The van der Waals surface area contributed by atoms with Crippen molar-refractivity contribution in [1.82, 2.24) is 0 Å². The van der Waals surface area contributed by atoms with Crippen LogP contribution in [0.4, 0.5) is 4.20 Å². The quantitative estimate of drug-likeness (QED) is 0.815. The molecule has 0 spiro atoms. The number of hydrogen-bond acceptors (Lipinski definition) is 4. The third kappa shape index (κ3) is 3.76. The Labute approximate surface area is 97.7 Å². The van der Waals surface area contributed by atoms with Crippen molar-refractivity contribution in [3.05, 3.63) is 23.5 Å². The fraction of sp³-hybridized carbons (Fsp3) is 0.200. The average Bonchev–Trinajstić information content (AvgIpc) is 2.26. The van der Waals surface area contributed by atoms with E-state index in [1.807, 2.05) is 0 Å². The van der Waals surface area contributed by atoms with E-state index in [-0.39, 0.29) is 17.2 Å². The molecule has 0 aliphatic heterocycles. The highest BCUT2D eigenvalue weighted by atomic mass is 31.2. The Morgan fingerprint density at radius 2 is 1.76 bits per heavy atom. The van der Waals surface area contributed by atoms with Gasteiger partial charge in [0.1, 0.15) is 0 Å². The molecule has 2 N–H and O–H groups in total. The van der Waals surface area contributed by atoms with Crippen LogP contribution in [0.2, 0.25) is 0 Å². The highest BCUT2D eigenvalue weighted by molar-refractivity contribution is 7.56. The lowest BCUT2D eigenvalue weighted by Crippen LogP contribution is -1.90. The normalized spacial score (nSPS) is 14.6. The molecule has 0 amide bonds. The van der Waals surface area contributed by atoms with Gasteiger partial charge in [-0.15, -0.1) is 0 Å². The van der Waals surface area contributed by atoms with E-state index in [1.54, 1.807) is 0 Å². The van der Waals surface area contributed by atoms with E-state index in [1.165, 1.54) is 26.4 Å². The van der Waals surface area contributed by atoms with Gasteiger partial charge in [0, 0.05) is 5.82 Å². The van der Waals surface area contributed by atoms with Crippen LogP contribution in [-0.2, 0) is 4.57 Å². The molecule has 17 heavy (non-hydrogen) atoms. The summed E-state index contributed by atoms with van der Waals surface area (Å²) in [6.07, 6.45) is 1.10. The maximum Gasteiger partial charge on any atom is 0.388 e. The molecule has 1 aromatic rings. The first-order valence-corrected chi connectivity index (χ1v) is 6.15. The van der Waals surface area contributed by atoms with Gasteiger partial charge >= 0.3 is 7.68 Å². The topological polar surface area (TPSA) is 76.0 Å². The Morgan fingerprint density at radius 3 is 2.12 bits per heavy atom. The molecule has 0 radical (unpaired) electrons. The highest BCUT2D eigenvalue weighted by Crippen LogP contribution is 2.45. The van der Waals surface area contributed by atoms with Crippen LogP contribution in [0, 0.1) is 0 Å². The van der Waals surface area contributed by atoms with Crippen molar-refractivity contribution in [1.29, 1.82) is 0 Å². The van der Waals surface area contributed by atoms with E-state index in [0.717, 1.165) is 6.08 Å². The third-order valence-corrected chi connectivity index (χ3v) is 2.47. The van der Waals surface area contributed by atoms with Crippen LogP contribution >= 0.6 is 7.68 Å². The number of methoxy groups -OCH3 is 2. The summed E-state index contributed by atoms with van der Waals surface area (Å²) in [7, 11) is -2.03. The number of rotatable bonds is 4. The van der Waals surface area contributed by atoms with E-state index >= 15 is 0 Å². The predicted octanol–water partition coefficient (Wildman–Crippen LogP) is 2.54. The van der Waals surface area contributed by atoms with E-state index < -0.39 is 7.68 Å². The van der Waals surface area contributed by atoms with Crippen molar-refractivity contribution in [2.45, 2.75) is 0 Å². The summed E-state index contributed by atoms with van der Waals surface area (Å²) in [6.45, 7) is 0. The van der Waals surface area contributed by atoms with Gasteiger partial charge in [0.25, 0.3) is 0 Å². The monoisotopic (exact) mass is 262 g/mol. The van der Waals surface area contributed by atoms with Crippen LogP contribution in [-0.4, -0.2) is 24.2 Å². The molecule has 0 bridgehead atoms. The molecular weight excluding hydrogens is 250 g/mol. The molecule has 5 nitrogen and oxygen atoms in total. The van der Waals surface area contributed by atoms with E-state index in [9.17, 15) is 13.9 Å². The fourth-order valence-electron chi connectivity index (χ4n) is 1.19. The molecule has 0 saturated carbocycles. The second kappa shape index (κ2) is 5.21. The van der Waals surface area contributed by atoms with Crippen LogP contribution in [0.1, 0.15) is 5.56 Å². The number of phenols is 1. The summed E-state index contributed by atoms with van der Waals surface area (Å²) in [6, 6.07) is 2.76. The standard InChI is InChI=1S/C10H12FO5P/c1-15-8-5-7(3-4-17(11,13)14)6-9(16-2)10(8)12/h3-6,12H,1-2H3,(H,13,14)/b4-3+. The van der Waals surface area contributed by atoms with Gasteiger partial charge in [-0.2, -0.15) is 4.20 Å². The number of benzene rings is 1. The molecule has 0 aliphatic rings. The molecule has 1 rings (SSSR count). The van der Waals surface area contributed by atoms with Gasteiger partial charge in [-0.3, -0.25) is 4.57 Å². The molecule has 0 aromatic heterocycles. The highest BCUT2D eigenvalue weighted by Gasteiger charge is 2.12. The van der Waals surface area contributed by atoms with Gasteiger partial charge in [0.2, 0.25) is 5.75 Å². The van der Waals surface area contributed by atoms with Gasteiger partial charge in [0.05, 0.1) is 14.2 Å². The SMILES string of the molecule is COc1cc(/C=C/P(=O)(O)F)cc(OC)c1O. The number of aromatic hydroxyl groups is 1. The minimum Gasteiger partial charge on any atom is -0.502 e. The van der Waals surface area contributed by atoms with E-state index in [4.69, 9.17) is 14.4 Å². The molecule has 94 valence electrons. The second-order valence-corrected chi connectivity index (χ2v) is 4.52. The number of hydrogen-bond donors (Lipinski definition) is 2. The smallest absolute Gasteiger partial charge is 0.388 e. The molecule has 0 heterocycles. The minimum absolute atomic E-state index is 0.121. The van der Waals surface area contributed by atoms with Crippen LogP contribution in [0.15, 0.2) is 17.9 Å². The summed E-state index contributed by atoms with van der Waals surface area (Å²) >= 11 is 0. The maximum atomic E-state index is 12.4. The second-order valence-electron chi connectivity index (χ2n) is 3.13. The summed E-state index contributed by atoms with van der Waals surface area (Å²) < 4.78 is 32.6. The van der Waals surface area contributed by atoms with Crippen molar-refractivity contribution < 1.29 is 28.2 Å². The number of halogens is 1. The lowest BCUT2D eigenvalue weighted by Gasteiger charge is -2.09. The molecule has 1 unspecified atom stereocenters. The molecule has 7 heteroatoms. The fourth-order valence-corrected chi connectivity index (χ4v) is 1.54. The van der Waals surface area contributed by atoms with Crippen molar-refractivity contribution >= 4 is 13.8 Å². The zero-order chi connectivity index (χ0) is 13.1. The number of phenolic OH excluding ortho intramolecular Hbond substituents is 1. The van der Waals surface area contributed by atoms with Crippen molar-refractivity contribution in [2.24, 2.45) is 0 Å². The Bertz CT molecular complexity index is 455. The van der Waals surface area contributed by atoms with Gasteiger partial charge in [-0.25, -0.2) is 0 Å². The zero-order valence-electron chi connectivity index (χ0n) is 9.25. The van der Waals surface area contributed by atoms with E-state index in [2.05, 4.69) is 0 Å². The van der Waals surface area contributed by atoms with Crippen molar-refractivity contribution in [3.63, 3.8) is 0 Å². The van der Waals surface area contributed by atoms with E-state index in [0.29, 0.717) is 11.4 Å². The Kier molecular flexibility index (Phi) is 4.15. The average molecular weight is 262 g/mol. The Hall–Kier alpha value is -1.52. The summed E-state index contributed by atoms with van der Waals surface area (Å²) in [5, 5.41) is 9.59. The first-order chi connectivity index (χ1) is 7.87. The molecule has 0 aliphatic carbocycles. The first kappa shape index (κ1) is 13.5. The lowest BCUT2D eigenvalue weighted by atomic mass is 10.2. The predicted molar refractivity (Wildman–Crippen MR) is 61.2 cm³/mol. The summed E-state index contributed by atoms with van der Waals surface area (Å²) in [4.78, 5) is 8.48. The van der Waals surface area contributed by atoms with Crippen LogP contribution in [0.5, 0.6) is 17.2 Å². The first-order valence-electron chi connectivity index (χ1n) is 4.53. The number of ether oxygens (including phenoxy) is 2. The molecular formula is C10H12FO5P. The summed E-state index contributed by atoms with van der Waals surface area (Å²) in [5.41, 5.74) is 0.364. The lowest BCUT2D eigenvalue weighted by molar-refractivity contribution is 0.340. The van der Waals surface area contributed by atoms with Gasteiger partial charge < -0.3 is 19.5 Å². The Balaban J connectivity index is 3.18. The van der Waals surface area contributed by atoms with Crippen LogP contribution in [0.25, 0.3) is 6.08 Å². The molecule has 1 atom stereocenters. The largest absolute Gasteiger partial charge is 0.502 e.